The highest BCUT2D eigenvalue weighted by Gasteiger charge is 2.20. The van der Waals surface area contributed by atoms with Crippen LogP contribution >= 0.6 is 0 Å². The molecule has 0 heterocycles. The quantitative estimate of drug-likeness (QED) is 0.558. The molecule has 2 unspecified atom stereocenters. The highest BCUT2D eigenvalue weighted by molar-refractivity contribution is 5.78. The molecule has 6 heteroatoms. The first-order valence-corrected chi connectivity index (χ1v) is 5.64. The minimum Gasteiger partial charge on any atom is -0.481 e. The minimum absolute atomic E-state index is 0.0638. The van der Waals surface area contributed by atoms with Gasteiger partial charge >= 0.3 is 5.97 Å². The topological polar surface area (TPSA) is 102 Å². The molecule has 0 aromatic rings. The molecule has 0 saturated carbocycles. The van der Waals surface area contributed by atoms with Crippen molar-refractivity contribution in [1.82, 2.24) is 5.32 Å². The Balaban J connectivity index is 4.25. The summed E-state index contributed by atoms with van der Waals surface area (Å²) >= 11 is 0. The van der Waals surface area contributed by atoms with Crippen molar-refractivity contribution in [3.63, 3.8) is 0 Å². The number of methoxy groups -OCH3 is 1. The number of ether oxygens (including phenoxy) is 1. The summed E-state index contributed by atoms with van der Waals surface area (Å²) < 4.78 is 4.99. The first-order valence-electron chi connectivity index (χ1n) is 5.64. The summed E-state index contributed by atoms with van der Waals surface area (Å²) in [4.78, 5) is 22.3. The molecule has 1 amide bonds. The smallest absolute Gasteiger partial charge is 0.305 e. The molecule has 100 valence electrons. The summed E-state index contributed by atoms with van der Waals surface area (Å²) in [5, 5.41) is 11.4. The van der Waals surface area contributed by atoms with Crippen molar-refractivity contribution in [2.75, 3.05) is 13.7 Å². The second-order valence-corrected chi connectivity index (χ2v) is 4.31. The lowest BCUT2D eigenvalue weighted by atomic mass is 10.0. The normalized spacial score (nSPS) is 14.4. The summed E-state index contributed by atoms with van der Waals surface area (Å²) in [6.45, 7) is 3.99. The van der Waals surface area contributed by atoms with Gasteiger partial charge in [0.1, 0.15) is 0 Å². The van der Waals surface area contributed by atoms with E-state index in [1.807, 2.05) is 13.8 Å². The second-order valence-electron chi connectivity index (χ2n) is 4.31. The van der Waals surface area contributed by atoms with Crippen LogP contribution in [0.1, 0.15) is 26.7 Å². The Morgan fingerprint density at radius 1 is 1.35 bits per heavy atom. The average molecular weight is 246 g/mol. The Kier molecular flexibility index (Phi) is 7.49. The number of carbonyl (C=O) groups excluding carboxylic acids is 1. The Labute approximate surface area is 102 Å². The van der Waals surface area contributed by atoms with E-state index in [4.69, 9.17) is 15.6 Å². The lowest BCUT2D eigenvalue weighted by Gasteiger charge is -2.22. The largest absolute Gasteiger partial charge is 0.481 e. The molecule has 0 aromatic heterocycles. The fourth-order valence-electron chi connectivity index (χ4n) is 1.38. The van der Waals surface area contributed by atoms with Crippen LogP contribution in [-0.4, -0.2) is 42.8 Å². The number of nitrogens with one attached hydrogen (secondary N) is 1. The predicted molar refractivity (Wildman–Crippen MR) is 63.5 cm³/mol. The van der Waals surface area contributed by atoms with E-state index < -0.39 is 5.97 Å². The molecule has 0 fully saturated rings. The van der Waals surface area contributed by atoms with Crippen molar-refractivity contribution in [3.05, 3.63) is 0 Å². The first kappa shape index (κ1) is 15.9. The van der Waals surface area contributed by atoms with Crippen LogP contribution in [0.4, 0.5) is 0 Å². The molecule has 0 aromatic carbocycles. The second kappa shape index (κ2) is 8.03. The van der Waals surface area contributed by atoms with E-state index in [9.17, 15) is 9.59 Å². The number of hydrogen-bond donors (Lipinski definition) is 3. The van der Waals surface area contributed by atoms with E-state index in [0.29, 0.717) is 0 Å². The van der Waals surface area contributed by atoms with Crippen LogP contribution in [0.2, 0.25) is 0 Å². The van der Waals surface area contributed by atoms with Crippen LogP contribution in [-0.2, 0) is 14.3 Å². The maximum Gasteiger partial charge on any atom is 0.305 e. The molecule has 0 aliphatic carbocycles. The molecule has 0 bridgehead atoms. The molecule has 0 aliphatic rings. The van der Waals surface area contributed by atoms with Gasteiger partial charge in [-0.1, -0.05) is 13.8 Å². The third-order valence-corrected chi connectivity index (χ3v) is 2.55. The Bertz CT molecular complexity index is 252. The van der Waals surface area contributed by atoms with Crippen molar-refractivity contribution >= 4 is 11.9 Å². The van der Waals surface area contributed by atoms with Gasteiger partial charge in [-0.2, -0.15) is 0 Å². The number of aliphatic carboxylic acids is 1. The van der Waals surface area contributed by atoms with Gasteiger partial charge in [0.2, 0.25) is 5.91 Å². The molecular formula is C11H22N2O4. The zero-order valence-corrected chi connectivity index (χ0v) is 10.6. The fourth-order valence-corrected chi connectivity index (χ4v) is 1.38. The number of carboxylic acids is 1. The van der Waals surface area contributed by atoms with E-state index in [-0.39, 0.29) is 43.4 Å². The number of carbonyl (C=O) groups is 2. The van der Waals surface area contributed by atoms with Crippen LogP contribution < -0.4 is 11.1 Å². The van der Waals surface area contributed by atoms with Crippen molar-refractivity contribution in [3.8, 4) is 0 Å². The van der Waals surface area contributed by atoms with Gasteiger partial charge in [0.05, 0.1) is 18.9 Å². The summed E-state index contributed by atoms with van der Waals surface area (Å²) in [5.74, 6) is -1.10. The van der Waals surface area contributed by atoms with Crippen LogP contribution in [0.25, 0.3) is 0 Å². The Morgan fingerprint density at radius 2 is 1.94 bits per heavy atom. The van der Waals surface area contributed by atoms with E-state index in [2.05, 4.69) is 5.32 Å². The van der Waals surface area contributed by atoms with Crippen molar-refractivity contribution in [1.29, 1.82) is 0 Å². The fraction of sp³-hybridized carbons (Fsp3) is 0.818. The molecule has 0 aliphatic heterocycles. The van der Waals surface area contributed by atoms with E-state index >= 15 is 0 Å². The van der Waals surface area contributed by atoms with Gasteiger partial charge < -0.3 is 20.9 Å². The minimum atomic E-state index is -0.925. The van der Waals surface area contributed by atoms with Crippen LogP contribution in [0, 0.1) is 5.92 Å². The lowest BCUT2D eigenvalue weighted by molar-refractivity contribution is -0.138. The highest BCUT2D eigenvalue weighted by atomic mass is 16.5. The van der Waals surface area contributed by atoms with Gasteiger partial charge in [0, 0.05) is 19.7 Å². The van der Waals surface area contributed by atoms with E-state index in [0.717, 1.165) is 0 Å². The molecule has 0 rings (SSSR count). The standard InChI is InChI=1S/C11H22N2O4/c1-7(2)9(5-11(15)16)13-10(14)4-8(6-12)17-3/h7-9H,4-6,12H2,1-3H3,(H,13,14)(H,15,16). The van der Waals surface area contributed by atoms with E-state index in [1.54, 1.807) is 0 Å². The molecule has 4 N–H and O–H groups in total. The maximum absolute atomic E-state index is 11.6. The van der Waals surface area contributed by atoms with Gasteiger partial charge in [0.25, 0.3) is 0 Å². The van der Waals surface area contributed by atoms with Crippen LogP contribution in [0.15, 0.2) is 0 Å². The lowest BCUT2D eigenvalue weighted by Crippen LogP contribution is -2.42. The SMILES string of the molecule is COC(CN)CC(=O)NC(CC(=O)O)C(C)C. The number of rotatable bonds is 8. The third kappa shape index (κ3) is 6.91. The van der Waals surface area contributed by atoms with Gasteiger partial charge in [-0.15, -0.1) is 0 Å². The Morgan fingerprint density at radius 3 is 2.29 bits per heavy atom. The molecule has 0 radical (unpaired) electrons. The third-order valence-electron chi connectivity index (χ3n) is 2.55. The number of amides is 1. The summed E-state index contributed by atoms with van der Waals surface area (Å²) in [7, 11) is 1.49. The van der Waals surface area contributed by atoms with Crippen molar-refractivity contribution in [2.24, 2.45) is 11.7 Å². The summed E-state index contributed by atoms with van der Waals surface area (Å²) in [6, 6.07) is -0.365. The van der Waals surface area contributed by atoms with Gasteiger partial charge in [0.15, 0.2) is 0 Å². The zero-order chi connectivity index (χ0) is 13.4. The molecule has 17 heavy (non-hydrogen) atoms. The first-order chi connectivity index (χ1) is 7.90. The Hall–Kier alpha value is -1.14. The predicted octanol–water partition coefficient (Wildman–Crippen LogP) is -0.0343. The average Bonchev–Trinajstić information content (AvgIpc) is 2.24. The molecule has 0 saturated heterocycles. The van der Waals surface area contributed by atoms with Crippen LogP contribution in [0.5, 0.6) is 0 Å². The number of nitrogens with two attached hydrogens (primary N) is 1. The summed E-state index contributed by atoms with van der Waals surface area (Å²) in [6.07, 6.45) is -0.257. The van der Waals surface area contributed by atoms with Crippen LogP contribution in [0.3, 0.4) is 0 Å². The zero-order valence-electron chi connectivity index (χ0n) is 10.6. The molecular weight excluding hydrogens is 224 g/mol. The monoisotopic (exact) mass is 246 g/mol. The maximum atomic E-state index is 11.6. The molecule has 2 atom stereocenters. The van der Waals surface area contributed by atoms with Crippen molar-refractivity contribution < 1.29 is 19.4 Å². The van der Waals surface area contributed by atoms with Gasteiger partial charge in [-0.25, -0.2) is 0 Å². The van der Waals surface area contributed by atoms with E-state index in [1.165, 1.54) is 7.11 Å². The molecule has 6 nitrogen and oxygen atoms in total. The van der Waals surface area contributed by atoms with Gasteiger partial charge in [-0.05, 0) is 5.92 Å². The summed E-state index contributed by atoms with van der Waals surface area (Å²) in [5.41, 5.74) is 5.40. The van der Waals surface area contributed by atoms with Gasteiger partial charge in [-0.3, -0.25) is 9.59 Å². The highest BCUT2D eigenvalue weighted by Crippen LogP contribution is 2.07. The molecule has 0 spiro atoms. The van der Waals surface area contributed by atoms with Crippen molar-refractivity contribution in [2.45, 2.75) is 38.8 Å². The number of carboxylic acid groups (broad SMARTS) is 1. The number of hydrogen-bond acceptors (Lipinski definition) is 4.